The number of piperidine rings is 1. The van der Waals surface area contributed by atoms with Crippen LogP contribution in [0.2, 0.25) is 0 Å². The Morgan fingerprint density at radius 1 is 1.50 bits per heavy atom. The third kappa shape index (κ3) is 2.86. The van der Waals surface area contributed by atoms with Crippen LogP contribution in [0.15, 0.2) is 12.3 Å². The molecule has 1 aliphatic heterocycles. The standard InChI is InChI=1S/C13H17N5O2/c1-9-4-3-5-10(2)17(9)16-13-11(7-14)6-12(8-15-13)18(19)20/h6,8-10H,3-5H2,1-2H3,(H,15,16). The summed E-state index contributed by atoms with van der Waals surface area (Å²) < 4.78 is 0. The van der Waals surface area contributed by atoms with E-state index in [-0.39, 0.29) is 11.3 Å². The second kappa shape index (κ2) is 5.84. The zero-order chi connectivity index (χ0) is 14.7. The number of nitrogens with zero attached hydrogens (tertiary/aromatic N) is 4. The molecule has 20 heavy (non-hydrogen) atoms. The summed E-state index contributed by atoms with van der Waals surface area (Å²) in [4.78, 5) is 14.2. The fourth-order valence-electron chi connectivity index (χ4n) is 2.49. The van der Waals surface area contributed by atoms with Crippen LogP contribution in [0, 0.1) is 21.4 Å². The van der Waals surface area contributed by atoms with E-state index < -0.39 is 4.92 Å². The number of pyridine rings is 1. The minimum atomic E-state index is -0.552. The Morgan fingerprint density at radius 2 is 2.15 bits per heavy atom. The van der Waals surface area contributed by atoms with Gasteiger partial charge in [-0.1, -0.05) is 6.42 Å². The van der Waals surface area contributed by atoms with E-state index in [1.165, 1.54) is 18.7 Å². The van der Waals surface area contributed by atoms with Crippen LogP contribution in [0.4, 0.5) is 11.5 Å². The molecule has 0 bridgehead atoms. The molecule has 0 spiro atoms. The summed E-state index contributed by atoms with van der Waals surface area (Å²) in [6.45, 7) is 4.22. The summed E-state index contributed by atoms with van der Waals surface area (Å²) in [6, 6.07) is 3.87. The number of anilines is 1. The minimum Gasteiger partial charge on any atom is -0.301 e. The number of nitriles is 1. The highest BCUT2D eigenvalue weighted by Gasteiger charge is 2.26. The van der Waals surface area contributed by atoms with Gasteiger partial charge >= 0.3 is 0 Å². The van der Waals surface area contributed by atoms with Gasteiger partial charge in [0.1, 0.15) is 17.8 Å². The lowest BCUT2D eigenvalue weighted by molar-refractivity contribution is -0.385. The van der Waals surface area contributed by atoms with Gasteiger partial charge in [-0.15, -0.1) is 0 Å². The molecule has 1 aromatic rings. The van der Waals surface area contributed by atoms with Crippen LogP contribution >= 0.6 is 0 Å². The summed E-state index contributed by atoms with van der Waals surface area (Å²) in [5, 5.41) is 21.9. The first-order valence-corrected chi connectivity index (χ1v) is 6.62. The van der Waals surface area contributed by atoms with Gasteiger partial charge in [0, 0.05) is 18.2 Å². The molecule has 1 aliphatic rings. The summed E-state index contributed by atoms with van der Waals surface area (Å²) in [5.41, 5.74) is 3.15. The van der Waals surface area contributed by atoms with Gasteiger partial charge in [-0.2, -0.15) is 5.26 Å². The van der Waals surface area contributed by atoms with E-state index in [4.69, 9.17) is 5.26 Å². The number of nitrogens with one attached hydrogen (secondary N) is 1. The van der Waals surface area contributed by atoms with Gasteiger partial charge in [0.05, 0.1) is 4.92 Å². The molecule has 0 radical (unpaired) electrons. The van der Waals surface area contributed by atoms with E-state index in [9.17, 15) is 10.1 Å². The molecular formula is C13H17N5O2. The van der Waals surface area contributed by atoms with E-state index in [1.54, 1.807) is 0 Å². The van der Waals surface area contributed by atoms with E-state index >= 15 is 0 Å². The predicted molar refractivity (Wildman–Crippen MR) is 73.8 cm³/mol. The lowest BCUT2D eigenvalue weighted by Gasteiger charge is -2.39. The Kier molecular flexibility index (Phi) is 4.15. The van der Waals surface area contributed by atoms with Crippen molar-refractivity contribution >= 4 is 11.5 Å². The van der Waals surface area contributed by atoms with E-state index in [1.807, 2.05) is 6.07 Å². The SMILES string of the molecule is CC1CCCC(C)N1Nc1ncc([N+](=O)[O-])cc1C#N. The molecule has 2 heterocycles. The number of nitro groups is 1. The van der Waals surface area contributed by atoms with E-state index in [0.717, 1.165) is 12.8 Å². The van der Waals surface area contributed by atoms with Crippen LogP contribution in [0.3, 0.4) is 0 Å². The average molecular weight is 275 g/mol. The van der Waals surface area contributed by atoms with Gasteiger partial charge in [0.25, 0.3) is 5.69 Å². The maximum atomic E-state index is 10.7. The first kappa shape index (κ1) is 14.2. The van der Waals surface area contributed by atoms with Crippen molar-refractivity contribution in [2.75, 3.05) is 5.43 Å². The first-order valence-electron chi connectivity index (χ1n) is 6.62. The topological polar surface area (TPSA) is 95.1 Å². The predicted octanol–water partition coefficient (Wildman–Crippen LogP) is 2.45. The second-order valence-corrected chi connectivity index (χ2v) is 5.11. The van der Waals surface area contributed by atoms with Gasteiger partial charge in [-0.25, -0.2) is 9.99 Å². The Hall–Kier alpha value is -2.20. The molecule has 2 atom stereocenters. The van der Waals surface area contributed by atoms with Crippen LogP contribution in [0.1, 0.15) is 38.7 Å². The Balaban J connectivity index is 2.24. The Morgan fingerprint density at radius 3 is 2.70 bits per heavy atom. The molecule has 0 amide bonds. The molecule has 2 unspecified atom stereocenters. The average Bonchev–Trinajstić information content (AvgIpc) is 2.43. The van der Waals surface area contributed by atoms with Gasteiger partial charge < -0.3 is 5.43 Å². The van der Waals surface area contributed by atoms with Crippen molar-refractivity contribution < 1.29 is 4.92 Å². The third-order valence-electron chi connectivity index (χ3n) is 3.63. The summed E-state index contributed by atoms with van der Waals surface area (Å²) in [7, 11) is 0. The Labute approximate surface area is 117 Å². The van der Waals surface area contributed by atoms with Crippen LogP contribution < -0.4 is 5.43 Å². The normalized spacial score (nSPS) is 23.1. The molecule has 0 saturated carbocycles. The molecular weight excluding hydrogens is 258 g/mol. The Bertz CT molecular complexity index is 544. The van der Waals surface area contributed by atoms with Crippen LogP contribution in [0.25, 0.3) is 0 Å². The lowest BCUT2D eigenvalue weighted by Crippen LogP contribution is -2.47. The minimum absolute atomic E-state index is 0.174. The molecule has 1 fully saturated rings. The van der Waals surface area contributed by atoms with Crippen molar-refractivity contribution in [2.24, 2.45) is 0 Å². The summed E-state index contributed by atoms with van der Waals surface area (Å²) in [5.74, 6) is 0.374. The molecule has 7 nitrogen and oxygen atoms in total. The smallest absolute Gasteiger partial charge is 0.289 e. The number of aromatic nitrogens is 1. The van der Waals surface area contributed by atoms with Crippen LogP contribution in [-0.4, -0.2) is 27.0 Å². The summed E-state index contributed by atoms with van der Waals surface area (Å²) >= 11 is 0. The van der Waals surface area contributed by atoms with Crippen molar-refractivity contribution in [2.45, 2.75) is 45.2 Å². The number of rotatable bonds is 3. The van der Waals surface area contributed by atoms with E-state index in [0.29, 0.717) is 17.9 Å². The fourth-order valence-corrected chi connectivity index (χ4v) is 2.49. The highest BCUT2D eigenvalue weighted by atomic mass is 16.6. The number of hydrogen-bond acceptors (Lipinski definition) is 6. The van der Waals surface area contributed by atoms with Crippen LogP contribution in [0.5, 0.6) is 0 Å². The molecule has 2 rings (SSSR count). The van der Waals surface area contributed by atoms with Crippen molar-refractivity contribution in [3.05, 3.63) is 27.9 Å². The second-order valence-electron chi connectivity index (χ2n) is 5.11. The molecule has 1 aromatic heterocycles. The highest BCUT2D eigenvalue weighted by Crippen LogP contribution is 2.25. The number of hydrazine groups is 1. The fraction of sp³-hybridized carbons (Fsp3) is 0.538. The lowest BCUT2D eigenvalue weighted by atomic mass is 10.00. The van der Waals surface area contributed by atoms with Gasteiger partial charge in [-0.3, -0.25) is 10.1 Å². The van der Waals surface area contributed by atoms with Crippen LogP contribution in [-0.2, 0) is 0 Å². The first-order chi connectivity index (χ1) is 9.52. The van der Waals surface area contributed by atoms with Crippen molar-refractivity contribution in [1.29, 1.82) is 5.26 Å². The maximum Gasteiger partial charge on any atom is 0.289 e. The molecule has 7 heteroatoms. The quantitative estimate of drug-likeness (QED) is 0.672. The monoisotopic (exact) mass is 275 g/mol. The molecule has 106 valence electrons. The molecule has 0 aromatic carbocycles. The highest BCUT2D eigenvalue weighted by molar-refractivity contribution is 5.55. The van der Waals surface area contributed by atoms with Gasteiger partial charge in [0.15, 0.2) is 5.82 Å². The zero-order valence-corrected chi connectivity index (χ0v) is 11.5. The van der Waals surface area contributed by atoms with Crippen molar-refractivity contribution in [3.63, 3.8) is 0 Å². The molecule has 1 saturated heterocycles. The van der Waals surface area contributed by atoms with Gasteiger partial charge in [0.2, 0.25) is 0 Å². The van der Waals surface area contributed by atoms with Crippen molar-refractivity contribution in [1.82, 2.24) is 9.99 Å². The van der Waals surface area contributed by atoms with Gasteiger partial charge in [-0.05, 0) is 26.7 Å². The molecule has 0 aliphatic carbocycles. The molecule has 1 N–H and O–H groups in total. The van der Waals surface area contributed by atoms with E-state index in [2.05, 4.69) is 29.3 Å². The third-order valence-corrected chi connectivity index (χ3v) is 3.63. The largest absolute Gasteiger partial charge is 0.301 e. The summed E-state index contributed by atoms with van der Waals surface area (Å²) in [6.07, 6.45) is 4.50. The van der Waals surface area contributed by atoms with Crippen molar-refractivity contribution in [3.8, 4) is 6.07 Å². The number of hydrogen-bond donors (Lipinski definition) is 1. The zero-order valence-electron chi connectivity index (χ0n) is 11.5. The maximum absolute atomic E-state index is 10.7.